The fourth-order valence-electron chi connectivity index (χ4n) is 2.61. The average Bonchev–Trinajstić information content (AvgIpc) is 2.68. The van der Waals surface area contributed by atoms with Crippen LogP contribution < -0.4 is 5.32 Å². The van der Waals surface area contributed by atoms with Crippen LogP contribution in [0.3, 0.4) is 0 Å². The van der Waals surface area contributed by atoms with Gasteiger partial charge in [-0.05, 0) is 42.7 Å². The maximum Gasteiger partial charge on any atom is 0.242 e. The van der Waals surface area contributed by atoms with E-state index in [1.807, 2.05) is 68.4 Å². The van der Waals surface area contributed by atoms with Crippen LogP contribution in [-0.2, 0) is 16.1 Å². The van der Waals surface area contributed by atoms with Crippen molar-refractivity contribution in [2.45, 2.75) is 38.3 Å². The molecule has 0 saturated heterocycles. The number of benzene rings is 2. The molecule has 1 atom stereocenters. The summed E-state index contributed by atoms with van der Waals surface area (Å²) in [6.45, 7) is 6.88. The summed E-state index contributed by atoms with van der Waals surface area (Å²) in [5.74, 6) is 0.474. The predicted molar refractivity (Wildman–Crippen MR) is 119 cm³/mol. The standard InChI is InChI=1S/C22H27BrN2O2S/c1-16(2)13-24-22(27)17(3)25(14-18-8-7-9-19(23)12-18)21(26)15-28-20-10-5-4-6-11-20/h4-12,16-17H,13-15H2,1-3H3,(H,24,27). The Balaban J connectivity index is 2.11. The zero-order valence-electron chi connectivity index (χ0n) is 16.5. The molecule has 28 heavy (non-hydrogen) atoms. The second-order valence-corrected chi connectivity index (χ2v) is 9.03. The van der Waals surface area contributed by atoms with Crippen molar-refractivity contribution in [1.29, 1.82) is 0 Å². The van der Waals surface area contributed by atoms with E-state index in [2.05, 4.69) is 21.2 Å². The lowest BCUT2D eigenvalue weighted by molar-refractivity contribution is -0.138. The molecule has 6 heteroatoms. The number of carbonyl (C=O) groups is 2. The summed E-state index contributed by atoms with van der Waals surface area (Å²) in [4.78, 5) is 28.3. The second-order valence-electron chi connectivity index (χ2n) is 7.07. The molecule has 0 aliphatic heterocycles. The summed E-state index contributed by atoms with van der Waals surface area (Å²) >= 11 is 4.96. The molecule has 0 spiro atoms. The number of nitrogens with one attached hydrogen (secondary N) is 1. The monoisotopic (exact) mass is 462 g/mol. The van der Waals surface area contributed by atoms with Crippen molar-refractivity contribution in [3.8, 4) is 0 Å². The van der Waals surface area contributed by atoms with Crippen LogP contribution >= 0.6 is 27.7 Å². The number of thioether (sulfide) groups is 1. The van der Waals surface area contributed by atoms with Crippen molar-refractivity contribution in [3.63, 3.8) is 0 Å². The number of nitrogens with zero attached hydrogens (tertiary/aromatic N) is 1. The summed E-state index contributed by atoms with van der Waals surface area (Å²) in [5.41, 5.74) is 0.982. The molecular formula is C22H27BrN2O2S. The summed E-state index contributed by atoms with van der Waals surface area (Å²) in [6, 6.07) is 17.1. The number of hydrogen-bond acceptors (Lipinski definition) is 3. The first-order chi connectivity index (χ1) is 13.4. The number of amides is 2. The summed E-state index contributed by atoms with van der Waals surface area (Å²) in [7, 11) is 0. The summed E-state index contributed by atoms with van der Waals surface area (Å²) in [5, 5.41) is 2.94. The highest BCUT2D eigenvalue weighted by atomic mass is 79.9. The van der Waals surface area contributed by atoms with Crippen LogP contribution in [-0.4, -0.2) is 35.1 Å². The third-order valence-corrected chi connectivity index (χ3v) is 5.69. The van der Waals surface area contributed by atoms with Gasteiger partial charge in [0.05, 0.1) is 5.75 Å². The fraction of sp³-hybridized carbons (Fsp3) is 0.364. The maximum atomic E-state index is 13.0. The zero-order chi connectivity index (χ0) is 20.5. The molecule has 1 N–H and O–H groups in total. The Labute approximate surface area is 180 Å². The first-order valence-corrected chi connectivity index (χ1v) is 11.1. The second kappa shape index (κ2) is 11.3. The van der Waals surface area contributed by atoms with Gasteiger partial charge in [0.2, 0.25) is 11.8 Å². The average molecular weight is 463 g/mol. The molecule has 2 aromatic rings. The van der Waals surface area contributed by atoms with Crippen molar-refractivity contribution >= 4 is 39.5 Å². The third kappa shape index (κ3) is 7.32. The molecule has 0 heterocycles. The molecule has 0 saturated carbocycles. The van der Waals surface area contributed by atoms with Gasteiger partial charge in [-0.25, -0.2) is 0 Å². The normalized spacial score (nSPS) is 11.9. The first kappa shape index (κ1) is 22.5. The maximum absolute atomic E-state index is 13.0. The molecule has 0 aliphatic rings. The van der Waals surface area contributed by atoms with Gasteiger partial charge in [-0.3, -0.25) is 9.59 Å². The van der Waals surface area contributed by atoms with Crippen molar-refractivity contribution in [2.75, 3.05) is 12.3 Å². The van der Waals surface area contributed by atoms with Crippen LogP contribution in [0.15, 0.2) is 64.0 Å². The highest BCUT2D eigenvalue weighted by Crippen LogP contribution is 2.20. The Kier molecular flexibility index (Phi) is 9.06. The van der Waals surface area contributed by atoms with E-state index >= 15 is 0 Å². The van der Waals surface area contributed by atoms with Crippen LogP contribution in [0.25, 0.3) is 0 Å². The Morgan fingerprint density at radius 2 is 1.79 bits per heavy atom. The molecule has 150 valence electrons. The van der Waals surface area contributed by atoms with Crippen molar-refractivity contribution in [3.05, 3.63) is 64.6 Å². The zero-order valence-corrected chi connectivity index (χ0v) is 18.9. The van der Waals surface area contributed by atoms with Gasteiger partial charge in [0, 0.05) is 22.5 Å². The molecular weight excluding hydrogens is 436 g/mol. The van der Waals surface area contributed by atoms with Crippen molar-refractivity contribution in [2.24, 2.45) is 5.92 Å². The van der Waals surface area contributed by atoms with Gasteiger partial charge in [0.25, 0.3) is 0 Å². The minimum Gasteiger partial charge on any atom is -0.354 e. The summed E-state index contributed by atoms with van der Waals surface area (Å²) in [6.07, 6.45) is 0. The Morgan fingerprint density at radius 3 is 2.43 bits per heavy atom. The lowest BCUT2D eigenvalue weighted by Gasteiger charge is -2.29. The lowest BCUT2D eigenvalue weighted by Crippen LogP contribution is -2.48. The molecule has 0 radical (unpaired) electrons. The van der Waals surface area contributed by atoms with Crippen LogP contribution in [0, 0.1) is 5.92 Å². The number of hydrogen-bond donors (Lipinski definition) is 1. The van der Waals surface area contributed by atoms with E-state index in [4.69, 9.17) is 0 Å². The molecule has 2 aromatic carbocycles. The Bertz CT molecular complexity index is 783. The van der Waals surface area contributed by atoms with Gasteiger partial charge >= 0.3 is 0 Å². The predicted octanol–water partition coefficient (Wildman–Crippen LogP) is 4.73. The highest BCUT2D eigenvalue weighted by Gasteiger charge is 2.26. The van der Waals surface area contributed by atoms with Crippen LogP contribution in [0.5, 0.6) is 0 Å². The molecule has 1 unspecified atom stereocenters. The quantitative estimate of drug-likeness (QED) is 0.547. The van der Waals surface area contributed by atoms with E-state index in [1.54, 1.807) is 11.8 Å². The van der Waals surface area contributed by atoms with E-state index in [9.17, 15) is 9.59 Å². The first-order valence-electron chi connectivity index (χ1n) is 9.36. The molecule has 0 fully saturated rings. The molecule has 2 rings (SSSR count). The molecule has 0 aliphatic carbocycles. The SMILES string of the molecule is CC(C)CNC(=O)C(C)N(Cc1cccc(Br)c1)C(=O)CSc1ccccc1. The Morgan fingerprint density at radius 1 is 1.07 bits per heavy atom. The van der Waals surface area contributed by atoms with E-state index in [1.165, 1.54) is 11.8 Å². The molecule has 2 amide bonds. The van der Waals surface area contributed by atoms with E-state index in [-0.39, 0.29) is 11.8 Å². The molecule has 0 aromatic heterocycles. The lowest BCUT2D eigenvalue weighted by atomic mass is 10.1. The smallest absolute Gasteiger partial charge is 0.242 e. The van der Waals surface area contributed by atoms with Crippen LogP contribution in [0.1, 0.15) is 26.3 Å². The van der Waals surface area contributed by atoms with Crippen LogP contribution in [0.4, 0.5) is 0 Å². The fourth-order valence-corrected chi connectivity index (χ4v) is 3.86. The van der Waals surface area contributed by atoms with E-state index in [0.717, 1.165) is 14.9 Å². The van der Waals surface area contributed by atoms with Gasteiger partial charge in [-0.15, -0.1) is 11.8 Å². The number of rotatable bonds is 9. The minimum atomic E-state index is -0.540. The summed E-state index contributed by atoms with van der Waals surface area (Å²) < 4.78 is 0.952. The highest BCUT2D eigenvalue weighted by molar-refractivity contribution is 9.10. The van der Waals surface area contributed by atoms with E-state index in [0.29, 0.717) is 24.8 Å². The van der Waals surface area contributed by atoms with Crippen molar-refractivity contribution < 1.29 is 9.59 Å². The van der Waals surface area contributed by atoms with Gasteiger partial charge in [-0.1, -0.05) is 60.1 Å². The molecule has 0 bridgehead atoms. The third-order valence-electron chi connectivity index (χ3n) is 4.20. The number of carbonyl (C=O) groups excluding carboxylic acids is 2. The Hall–Kier alpha value is -1.79. The van der Waals surface area contributed by atoms with Crippen molar-refractivity contribution in [1.82, 2.24) is 10.2 Å². The topological polar surface area (TPSA) is 49.4 Å². The van der Waals surface area contributed by atoms with Gasteiger partial charge in [0.15, 0.2) is 0 Å². The van der Waals surface area contributed by atoms with Gasteiger partial charge < -0.3 is 10.2 Å². The van der Waals surface area contributed by atoms with Gasteiger partial charge in [0.1, 0.15) is 6.04 Å². The van der Waals surface area contributed by atoms with Crippen LogP contribution in [0.2, 0.25) is 0 Å². The van der Waals surface area contributed by atoms with E-state index < -0.39 is 6.04 Å². The minimum absolute atomic E-state index is 0.0546. The molecule has 4 nitrogen and oxygen atoms in total. The van der Waals surface area contributed by atoms with Gasteiger partial charge in [-0.2, -0.15) is 0 Å². The largest absolute Gasteiger partial charge is 0.354 e. The number of halogens is 1.